The van der Waals surface area contributed by atoms with Crippen LogP contribution in [0.1, 0.15) is 11.1 Å². The molecule has 2 aromatic rings. The van der Waals surface area contributed by atoms with Gasteiger partial charge in [-0.3, -0.25) is 0 Å². The average Bonchev–Trinajstić information content (AvgIpc) is 2.16. The van der Waals surface area contributed by atoms with E-state index in [0.29, 0.717) is 0 Å². The Morgan fingerprint density at radius 2 is 1.14 bits per heavy atom. The first-order valence-corrected chi connectivity index (χ1v) is 4.65. The summed E-state index contributed by atoms with van der Waals surface area (Å²) in [6.45, 7) is 4.16. The van der Waals surface area contributed by atoms with Gasteiger partial charge < -0.3 is 11.5 Å². The van der Waals surface area contributed by atoms with E-state index in [1.807, 2.05) is 24.3 Å². The summed E-state index contributed by atoms with van der Waals surface area (Å²) in [7, 11) is 0. The minimum Gasteiger partial charge on any atom is -0.398 e. The molecule has 0 fully saturated rings. The third-order valence-electron chi connectivity index (χ3n) is 2.64. The SMILES string of the molecule is Cc1ccc(N)c2c(N)ccc(C)c12. The van der Waals surface area contributed by atoms with Crippen molar-refractivity contribution in [2.75, 3.05) is 11.5 Å². The van der Waals surface area contributed by atoms with Crippen LogP contribution >= 0.6 is 0 Å². The number of rotatable bonds is 0. The monoisotopic (exact) mass is 186 g/mol. The molecule has 0 aromatic heterocycles. The van der Waals surface area contributed by atoms with E-state index in [1.54, 1.807) is 0 Å². The second-order valence-electron chi connectivity index (χ2n) is 3.69. The maximum atomic E-state index is 5.91. The summed E-state index contributed by atoms with van der Waals surface area (Å²) in [6.07, 6.45) is 0. The summed E-state index contributed by atoms with van der Waals surface area (Å²) >= 11 is 0. The van der Waals surface area contributed by atoms with Crippen molar-refractivity contribution in [3.63, 3.8) is 0 Å². The van der Waals surface area contributed by atoms with Crippen molar-refractivity contribution in [1.82, 2.24) is 0 Å². The second kappa shape index (κ2) is 2.91. The van der Waals surface area contributed by atoms with E-state index >= 15 is 0 Å². The van der Waals surface area contributed by atoms with Gasteiger partial charge in [-0.25, -0.2) is 0 Å². The Kier molecular flexibility index (Phi) is 1.84. The molecule has 2 rings (SSSR count). The molecule has 0 amide bonds. The summed E-state index contributed by atoms with van der Waals surface area (Å²) in [5, 5.41) is 2.18. The summed E-state index contributed by atoms with van der Waals surface area (Å²) in [5.74, 6) is 0. The predicted octanol–water partition coefficient (Wildman–Crippen LogP) is 2.62. The number of nitrogen functional groups attached to an aromatic ring is 2. The van der Waals surface area contributed by atoms with Crippen LogP contribution < -0.4 is 11.5 Å². The van der Waals surface area contributed by atoms with Gasteiger partial charge in [0.25, 0.3) is 0 Å². The van der Waals surface area contributed by atoms with Crippen LogP contribution in [0.3, 0.4) is 0 Å². The number of anilines is 2. The molecule has 2 heteroatoms. The van der Waals surface area contributed by atoms with Gasteiger partial charge in [-0.2, -0.15) is 0 Å². The molecule has 0 aliphatic rings. The molecule has 2 nitrogen and oxygen atoms in total. The molecular formula is C12H14N2. The van der Waals surface area contributed by atoms with Crippen molar-refractivity contribution in [3.8, 4) is 0 Å². The lowest BCUT2D eigenvalue weighted by Crippen LogP contribution is -1.95. The number of hydrogen-bond acceptors (Lipinski definition) is 2. The highest BCUT2D eigenvalue weighted by atomic mass is 14.6. The number of aryl methyl sites for hydroxylation is 2. The standard InChI is InChI=1S/C12H14N2/c1-7-3-5-9(13)12-10(14)6-4-8(2)11(7)12/h3-6H,13-14H2,1-2H3. The van der Waals surface area contributed by atoms with Gasteiger partial charge in [0, 0.05) is 16.8 Å². The van der Waals surface area contributed by atoms with Gasteiger partial charge in [0.2, 0.25) is 0 Å². The molecular weight excluding hydrogens is 172 g/mol. The number of hydrogen-bond donors (Lipinski definition) is 2. The molecule has 4 N–H and O–H groups in total. The normalized spacial score (nSPS) is 10.7. The Morgan fingerprint density at radius 3 is 1.50 bits per heavy atom. The first-order chi connectivity index (χ1) is 6.61. The molecule has 14 heavy (non-hydrogen) atoms. The molecule has 0 aliphatic carbocycles. The Labute approximate surface area is 83.5 Å². The van der Waals surface area contributed by atoms with E-state index in [9.17, 15) is 0 Å². The molecule has 0 atom stereocenters. The van der Waals surface area contributed by atoms with Gasteiger partial charge >= 0.3 is 0 Å². The van der Waals surface area contributed by atoms with Crippen molar-refractivity contribution >= 4 is 22.1 Å². The van der Waals surface area contributed by atoms with E-state index < -0.39 is 0 Å². The van der Waals surface area contributed by atoms with Crippen LogP contribution in [0.25, 0.3) is 10.8 Å². The third-order valence-corrected chi connectivity index (χ3v) is 2.64. The molecule has 0 spiro atoms. The summed E-state index contributed by atoms with van der Waals surface area (Å²) in [4.78, 5) is 0. The predicted molar refractivity (Wildman–Crippen MR) is 62.2 cm³/mol. The fourth-order valence-corrected chi connectivity index (χ4v) is 1.92. The minimum atomic E-state index is 0.756. The summed E-state index contributed by atoms with van der Waals surface area (Å²) < 4.78 is 0. The van der Waals surface area contributed by atoms with Crippen molar-refractivity contribution in [2.24, 2.45) is 0 Å². The Bertz CT molecular complexity index is 412. The van der Waals surface area contributed by atoms with Gasteiger partial charge in [0.15, 0.2) is 0 Å². The fraction of sp³-hybridized carbons (Fsp3) is 0.167. The Balaban J connectivity index is 3.05. The van der Waals surface area contributed by atoms with Gasteiger partial charge in [0.1, 0.15) is 0 Å². The molecule has 0 saturated heterocycles. The van der Waals surface area contributed by atoms with Crippen molar-refractivity contribution in [3.05, 3.63) is 35.4 Å². The zero-order chi connectivity index (χ0) is 10.3. The largest absolute Gasteiger partial charge is 0.398 e. The highest BCUT2D eigenvalue weighted by Gasteiger charge is 2.06. The van der Waals surface area contributed by atoms with Crippen molar-refractivity contribution in [1.29, 1.82) is 0 Å². The van der Waals surface area contributed by atoms with Crippen LogP contribution in [0.5, 0.6) is 0 Å². The number of nitrogens with two attached hydrogens (primary N) is 2. The third kappa shape index (κ3) is 1.11. The van der Waals surface area contributed by atoms with Crippen LogP contribution in [0.4, 0.5) is 11.4 Å². The zero-order valence-corrected chi connectivity index (χ0v) is 8.46. The Morgan fingerprint density at radius 1 is 0.714 bits per heavy atom. The molecule has 0 bridgehead atoms. The zero-order valence-electron chi connectivity index (χ0n) is 8.46. The van der Waals surface area contributed by atoms with Crippen molar-refractivity contribution < 1.29 is 0 Å². The van der Waals surface area contributed by atoms with E-state index in [1.165, 1.54) is 16.5 Å². The molecule has 0 aliphatic heterocycles. The van der Waals surface area contributed by atoms with Gasteiger partial charge in [-0.1, -0.05) is 12.1 Å². The lowest BCUT2D eigenvalue weighted by molar-refractivity contribution is 1.46. The smallest absolute Gasteiger partial charge is 0.0414 e. The lowest BCUT2D eigenvalue weighted by Gasteiger charge is -2.10. The number of benzene rings is 2. The van der Waals surface area contributed by atoms with Crippen LogP contribution in [0, 0.1) is 13.8 Å². The highest BCUT2D eigenvalue weighted by molar-refractivity contribution is 6.04. The van der Waals surface area contributed by atoms with E-state index in [-0.39, 0.29) is 0 Å². The molecule has 2 aromatic carbocycles. The lowest BCUT2D eigenvalue weighted by atomic mass is 9.98. The van der Waals surface area contributed by atoms with Crippen molar-refractivity contribution in [2.45, 2.75) is 13.8 Å². The summed E-state index contributed by atoms with van der Waals surface area (Å²) in [5.41, 5.74) is 15.8. The van der Waals surface area contributed by atoms with Gasteiger partial charge in [-0.05, 0) is 42.5 Å². The number of fused-ring (bicyclic) bond motifs is 1. The molecule has 0 heterocycles. The van der Waals surface area contributed by atoms with E-state index in [2.05, 4.69) is 13.8 Å². The first kappa shape index (κ1) is 8.88. The molecule has 0 unspecified atom stereocenters. The first-order valence-electron chi connectivity index (χ1n) is 4.65. The summed E-state index contributed by atoms with van der Waals surface area (Å²) in [6, 6.07) is 7.88. The highest BCUT2D eigenvalue weighted by Crippen LogP contribution is 2.31. The molecule has 0 saturated carbocycles. The van der Waals surface area contributed by atoms with Crippen LogP contribution in [-0.2, 0) is 0 Å². The van der Waals surface area contributed by atoms with E-state index in [4.69, 9.17) is 11.5 Å². The quantitative estimate of drug-likeness (QED) is 0.621. The maximum absolute atomic E-state index is 5.91. The van der Waals surface area contributed by atoms with E-state index in [0.717, 1.165) is 16.8 Å². The topological polar surface area (TPSA) is 52.0 Å². The van der Waals surface area contributed by atoms with Gasteiger partial charge in [0.05, 0.1) is 0 Å². The minimum absolute atomic E-state index is 0.756. The van der Waals surface area contributed by atoms with Gasteiger partial charge in [-0.15, -0.1) is 0 Å². The Hall–Kier alpha value is -1.70. The second-order valence-corrected chi connectivity index (χ2v) is 3.69. The molecule has 0 radical (unpaired) electrons. The van der Waals surface area contributed by atoms with Crippen LogP contribution in [-0.4, -0.2) is 0 Å². The van der Waals surface area contributed by atoms with Crippen LogP contribution in [0.2, 0.25) is 0 Å². The molecule has 72 valence electrons. The maximum Gasteiger partial charge on any atom is 0.0414 e. The fourth-order valence-electron chi connectivity index (χ4n) is 1.92. The van der Waals surface area contributed by atoms with Crippen LogP contribution in [0.15, 0.2) is 24.3 Å². The average molecular weight is 186 g/mol.